The first-order chi connectivity index (χ1) is 9.54. The molecule has 3 nitrogen and oxygen atoms in total. The quantitative estimate of drug-likeness (QED) is 0.859. The van der Waals surface area contributed by atoms with Gasteiger partial charge in [0, 0.05) is 18.2 Å². The first-order valence-electron chi connectivity index (χ1n) is 6.96. The van der Waals surface area contributed by atoms with E-state index in [4.69, 9.17) is 5.11 Å². The number of piperidine rings is 1. The van der Waals surface area contributed by atoms with Crippen LogP contribution >= 0.6 is 0 Å². The molecule has 1 aromatic carbocycles. The van der Waals surface area contributed by atoms with E-state index >= 15 is 0 Å². The SMILES string of the molecule is CC1CCN(Cc2ccc(F)c(C=CC(=O)O)c2)CC1. The Bertz CT molecular complexity index is 505. The van der Waals surface area contributed by atoms with Crippen LogP contribution in [0.2, 0.25) is 0 Å². The van der Waals surface area contributed by atoms with Crippen LogP contribution in [0.25, 0.3) is 6.08 Å². The summed E-state index contributed by atoms with van der Waals surface area (Å²) in [7, 11) is 0. The molecular weight excluding hydrogens is 257 g/mol. The fourth-order valence-corrected chi connectivity index (χ4v) is 2.46. The molecule has 1 N–H and O–H groups in total. The van der Waals surface area contributed by atoms with Gasteiger partial charge in [0.15, 0.2) is 0 Å². The fourth-order valence-electron chi connectivity index (χ4n) is 2.46. The van der Waals surface area contributed by atoms with E-state index in [0.717, 1.165) is 37.2 Å². The Labute approximate surface area is 118 Å². The van der Waals surface area contributed by atoms with Crippen LogP contribution in [-0.4, -0.2) is 29.1 Å². The maximum Gasteiger partial charge on any atom is 0.328 e. The molecule has 20 heavy (non-hydrogen) atoms. The minimum Gasteiger partial charge on any atom is -0.478 e. The summed E-state index contributed by atoms with van der Waals surface area (Å²) in [6.07, 6.45) is 4.67. The number of carboxylic acid groups (broad SMARTS) is 1. The van der Waals surface area contributed by atoms with Gasteiger partial charge in [-0.15, -0.1) is 0 Å². The van der Waals surface area contributed by atoms with E-state index in [0.29, 0.717) is 5.56 Å². The molecule has 0 bridgehead atoms. The molecule has 0 saturated carbocycles. The number of benzene rings is 1. The van der Waals surface area contributed by atoms with Crippen LogP contribution in [0.15, 0.2) is 24.3 Å². The monoisotopic (exact) mass is 277 g/mol. The molecule has 0 radical (unpaired) electrons. The van der Waals surface area contributed by atoms with Gasteiger partial charge in [0.2, 0.25) is 0 Å². The summed E-state index contributed by atoms with van der Waals surface area (Å²) in [5.41, 5.74) is 1.35. The van der Waals surface area contributed by atoms with Crippen molar-refractivity contribution in [2.45, 2.75) is 26.3 Å². The largest absolute Gasteiger partial charge is 0.478 e. The average molecular weight is 277 g/mol. The average Bonchev–Trinajstić information content (AvgIpc) is 2.42. The van der Waals surface area contributed by atoms with Gasteiger partial charge in [-0.25, -0.2) is 9.18 Å². The highest BCUT2D eigenvalue weighted by atomic mass is 19.1. The number of hydrogen-bond acceptors (Lipinski definition) is 2. The summed E-state index contributed by atoms with van der Waals surface area (Å²) >= 11 is 0. The van der Waals surface area contributed by atoms with Crippen LogP contribution in [0.3, 0.4) is 0 Å². The predicted octanol–water partition coefficient (Wildman–Crippen LogP) is 3.16. The van der Waals surface area contributed by atoms with Crippen molar-refractivity contribution in [2.24, 2.45) is 5.92 Å². The summed E-state index contributed by atoms with van der Waals surface area (Å²) in [6, 6.07) is 4.90. The second kappa shape index (κ2) is 6.66. The second-order valence-corrected chi connectivity index (χ2v) is 5.49. The zero-order chi connectivity index (χ0) is 14.5. The first-order valence-corrected chi connectivity index (χ1v) is 6.96. The van der Waals surface area contributed by atoms with E-state index in [9.17, 15) is 9.18 Å². The minimum absolute atomic E-state index is 0.329. The molecule has 1 aliphatic rings. The topological polar surface area (TPSA) is 40.5 Å². The molecule has 1 aromatic rings. The number of hydrogen-bond donors (Lipinski definition) is 1. The lowest BCUT2D eigenvalue weighted by Crippen LogP contribution is -2.32. The zero-order valence-corrected chi connectivity index (χ0v) is 11.7. The summed E-state index contributed by atoms with van der Waals surface area (Å²) in [5.74, 6) is -0.674. The third-order valence-electron chi connectivity index (χ3n) is 3.75. The molecule has 1 aliphatic heterocycles. The molecular formula is C16H20FNO2. The molecule has 0 aliphatic carbocycles. The molecule has 108 valence electrons. The Hall–Kier alpha value is -1.68. The lowest BCUT2D eigenvalue weighted by Gasteiger charge is -2.30. The fraction of sp³-hybridized carbons (Fsp3) is 0.438. The van der Waals surface area contributed by atoms with E-state index in [1.54, 1.807) is 12.1 Å². The van der Waals surface area contributed by atoms with Crippen molar-refractivity contribution in [3.8, 4) is 0 Å². The molecule has 0 aromatic heterocycles. The Kier molecular flexibility index (Phi) is 4.90. The van der Waals surface area contributed by atoms with Crippen molar-refractivity contribution in [1.29, 1.82) is 0 Å². The number of nitrogens with zero attached hydrogens (tertiary/aromatic N) is 1. The minimum atomic E-state index is -1.07. The van der Waals surface area contributed by atoms with E-state index in [-0.39, 0.29) is 0 Å². The van der Waals surface area contributed by atoms with E-state index < -0.39 is 11.8 Å². The number of carbonyl (C=O) groups is 1. The lowest BCUT2D eigenvalue weighted by molar-refractivity contribution is -0.131. The standard InChI is InChI=1S/C16H20FNO2/c1-12-6-8-18(9-7-12)11-13-2-4-15(17)14(10-13)3-5-16(19)20/h2-5,10,12H,6-9,11H2,1H3,(H,19,20). The Balaban J connectivity index is 2.05. The van der Waals surface area contributed by atoms with Crippen molar-refractivity contribution in [3.05, 3.63) is 41.2 Å². The van der Waals surface area contributed by atoms with Crippen LogP contribution in [0.5, 0.6) is 0 Å². The van der Waals surface area contributed by atoms with Gasteiger partial charge in [0.1, 0.15) is 5.82 Å². The molecule has 0 amide bonds. The number of aliphatic carboxylic acids is 1. The summed E-state index contributed by atoms with van der Waals surface area (Å²) in [4.78, 5) is 12.9. The molecule has 0 atom stereocenters. The van der Waals surface area contributed by atoms with E-state index in [1.165, 1.54) is 25.0 Å². The van der Waals surface area contributed by atoms with Gasteiger partial charge in [0.05, 0.1) is 0 Å². The highest BCUT2D eigenvalue weighted by Gasteiger charge is 2.15. The first kappa shape index (κ1) is 14.7. The van der Waals surface area contributed by atoms with Gasteiger partial charge in [0.25, 0.3) is 0 Å². The maximum absolute atomic E-state index is 13.6. The molecule has 1 fully saturated rings. The van der Waals surface area contributed by atoms with Crippen molar-refractivity contribution < 1.29 is 14.3 Å². The number of carboxylic acids is 1. The zero-order valence-electron chi connectivity index (χ0n) is 11.7. The van der Waals surface area contributed by atoms with Gasteiger partial charge in [-0.05, 0) is 55.6 Å². The number of halogens is 1. The Morgan fingerprint density at radius 1 is 1.45 bits per heavy atom. The predicted molar refractivity (Wildman–Crippen MR) is 76.7 cm³/mol. The molecule has 4 heteroatoms. The second-order valence-electron chi connectivity index (χ2n) is 5.49. The summed E-state index contributed by atoms with van der Waals surface area (Å²) in [6.45, 7) is 5.20. The molecule has 1 heterocycles. The van der Waals surface area contributed by atoms with E-state index in [2.05, 4.69) is 11.8 Å². The third-order valence-corrected chi connectivity index (χ3v) is 3.75. The van der Waals surface area contributed by atoms with Gasteiger partial charge in [-0.2, -0.15) is 0 Å². The maximum atomic E-state index is 13.6. The smallest absolute Gasteiger partial charge is 0.328 e. The summed E-state index contributed by atoms with van der Waals surface area (Å²) in [5, 5.41) is 8.60. The van der Waals surface area contributed by atoms with Crippen LogP contribution in [0.1, 0.15) is 30.9 Å². The van der Waals surface area contributed by atoms with Crippen molar-refractivity contribution in [3.63, 3.8) is 0 Å². The Morgan fingerprint density at radius 2 is 2.15 bits per heavy atom. The van der Waals surface area contributed by atoms with Crippen molar-refractivity contribution in [2.75, 3.05) is 13.1 Å². The van der Waals surface area contributed by atoms with Gasteiger partial charge in [-0.3, -0.25) is 4.90 Å². The molecule has 2 rings (SSSR count). The highest BCUT2D eigenvalue weighted by molar-refractivity contribution is 5.85. The molecule has 1 saturated heterocycles. The van der Waals surface area contributed by atoms with Crippen molar-refractivity contribution in [1.82, 2.24) is 4.90 Å². The Morgan fingerprint density at radius 3 is 2.80 bits per heavy atom. The summed E-state index contributed by atoms with van der Waals surface area (Å²) < 4.78 is 13.6. The highest BCUT2D eigenvalue weighted by Crippen LogP contribution is 2.19. The van der Waals surface area contributed by atoms with Crippen molar-refractivity contribution >= 4 is 12.0 Å². The third kappa shape index (κ3) is 4.17. The van der Waals surface area contributed by atoms with E-state index in [1.807, 2.05) is 0 Å². The number of likely N-dealkylation sites (tertiary alicyclic amines) is 1. The number of rotatable bonds is 4. The normalized spacial score (nSPS) is 17.7. The van der Waals surface area contributed by atoms with Gasteiger partial charge >= 0.3 is 5.97 Å². The van der Waals surface area contributed by atoms with Crippen LogP contribution in [0.4, 0.5) is 4.39 Å². The van der Waals surface area contributed by atoms with Crippen LogP contribution in [0, 0.1) is 11.7 Å². The van der Waals surface area contributed by atoms with Gasteiger partial charge in [-0.1, -0.05) is 13.0 Å². The van der Waals surface area contributed by atoms with Crippen LogP contribution < -0.4 is 0 Å². The van der Waals surface area contributed by atoms with Gasteiger partial charge < -0.3 is 5.11 Å². The molecule has 0 spiro atoms. The van der Waals surface area contributed by atoms with Crippen LogP contribution in [-0.2, 0) is 11.3 Å². The molecule has 0 unspecified atom stereocenters. The lowest BCUT2D eigenvalue weighted by atomic mass is 9.98.